The molecule has 116 valence electrons. The number of piperidine rings is 1. The van der Waals surface area contributed by atoms with E-state index in [4.69, 9.17) is 0 Å². The van der Waals surface area contributed by atoms with E-state index in [1.165, 1.54) is 0 Å². The van der Waals surface area contributed by atoms with Crippen LogP contribution in [0.3, 0.4) is 0 Å². The number of nitrogens with zero attached hydrogens (tertiary/aromatic N) is 2. The van der Waals surface area contributed by atoms with E-state index in [2.05, 4.69) is 0 Å². The number of ketones is 1. The van der Waals surface area contributed by atoms with Crippen LogP contribution in [-0.4, -0.2) is 33.7 Å². The fourth-order valence-electron chi connectivity index (χ4n) is 3.44. The highest BCUT2D eigenvalue weighted by Gasteiger charge is 2.31. The Hall–Kier alpha value is -2.10. The monoisotopic (exact) mass is 298 g/mol. The zero-order valence-electron chi connectivity index (χ0n) is 13.4. The first-order valence-electron chi connectivity index (χ1n) is 7.91. The quantitative estimate of drug-likeness (QED) is 0.631. The second-order valence-electron chi connectivity index (χ2n) is 6.21. The molecule has 1 aliphatic heterocycles. The van der Waals surface area contributed by atoms with Crippen LogP contribution < -0.4 is 0 Å². The molecule has 1 fully saturated rings. The molecule has 0 N–H and O–H groups in total. The summed E-state index contributed by atoms with van der Waals surface area (Å²) in [5.74, 6) is -0.727. The molecule has 1 amide bonds. The summed E-state index contributed by atoms with van der Waals surface area (Å²) in [6, 6.07) is 7.91. The van der Waals surface area contributed by atoms with Crippen molar-refractivity contribution < 1.29 is 9.59 Å². The van der Waals surface area contributed by atoms with E-state index in [1.54, 1.807) is 4.90 Å². The molecule has 0 aliphatic carbocycles. The van der Waals surface area contributed by atoms with Gasteiger partial charge in [0.15, 0.2) is 0 Å². The molecule has 2 aromatic rings. The highest BCUT2D eigenvalue weighted by atomic mass is 16.2. The summed E-state index contributed by atoms with van der Waals surface area (Å²) in [6.45, 7) is 4.62. The van der Waals surface area contributed by atoms with Gasteiger partial charge < -0.3 is 9.47 Å². The molecule has 0 saturated carbocycles. The largest absolute Gasteiger partial charge is 0.347 e. The Morgan fingerprint density at radius 1 is 1.18 bits per heavy atom. The van der Waals surface area contributed by atoms with E-state index in [-0.39, 0.29) is 17.7 Å². The average molecular weight is 298 g/mol. The first-order chi connectivity index (χ1) is 10.5. The third-order valence-electron chi connectivity index (χ3n) is 4.88. The van der Waals surface area contributed by atoms with Gasteiger partial charge in [0.25, 0.3) is 11.7 Å². The number of carbonyl (C=O) groups is 2. The van der Waals surface area contributed by atoms with Gasteiger partial charge in [0.2, 0.25) is 0 Å². The van der Waals surface area contributed by atoms with Crippen LogP contribution in [0.1, 0.15) is 42.2 Å². The predicted molar refractivity (Wildman–Crippen MR) is 87.0 cm³/mol. The van der Waals surface area contributed by atoms with E-state index >= 15 is 0 Å². The minimum absolute atomic E-state index is 0.153. The topological polar surface area (TPSA) is 42.3 Å². The van der Waals surface area contributed by atoms with Gasteiger partial charge >= 0.3 is 0 Å². The minimum Gasteiger partial charge on any atom is -0.347 e. The number of Topliss-reactive ketones (excluding diaryl/α,β-unsaturated/α-hetero) is 1. The second kappa shape index (κ2) is 5.59. The van der Waals surface area contributed by atoms with Crippen molar-refractivity contribution >= 4 is 22.6 Å². The molecule has 4 nitrogen and oxygen atoms in total. The maximum atomic E-state index is 12.8. The Balaban J connectivity index is 2.02. The van der Waals surface area contributed by atoms with Crippen molar-refractivity contribution in [3.63, 3.8) is 0 Å². The lowest BCUT2D eigenvalue weighted by atomic mass is 10.0. The van der Waals surface area contributed by atoms with Gasteiger partial charge in [-0.2, -0.15) is 0 Å². The van der Waals surface area contributed by atoms with Crippen LogP contribution in [0.25, 0.3) is 10.9 Å². The van der Waals surface area contributed by atoms with E-state index in [9.17, 15) is 9.59 Å². The molecule has 2 heterocycles. The Kier molecular flexibility index (Phi) is 3.77. The van der Waals surface area contributed by atoms with Gasteiger partial charge in [-0.15, -0.1) is 0 Å². The number of amides is 1. The summed E-state index contributed by atoms with van der Waals surface area (Å²) in [7, 11) is 1.93. The maximum Gasteiger partial charge on any atom is 0.295 e. The Labute approximate surface area is 130 Å². The molecular weight excluding hydrogens is 276 g/mol. The van der Waals surface area contributed by atoms with E-state index in [0.717, 1.165) is 35.9 Å². The number of benzene rings is 1. The van der Waals surface area contributed by atoms with Crippen LogP contribution in [0.15, 0.2) is 24.3 Å². The molecule has 1 atom stereocenters. The van der Waals surface area contributed by atoms with Crippen LogP contribution in [0.2, 0.25) is 0 Å². The van der Waals surface area contributed by atoms with Gasteiger partial charge in [0.05, 0.1) is 5.56 Å². The lowest BCUT2D eigenvalue weighted by Crippen LogP contribution is -2.45. The number of fused-ring (bicyclic) bond motifs is 1. The van der Waals surface area contributed by atoms with Gasteiger partial charge in [-0.25, -0.2) is 0 Å². The number of rotatable bonds is 2. The normalized spacial score (nSPS) is 18.7. The number of hydrogen-bond acceptors (Lipinski definition) is 2. The third kappa shape index (κ3) is 2.23. The number of para-hydroxylation sites is 1. The predicted octanol–water partition coefficient (Wildman–Crippen LogP) is 3.07. The van der Waals surface area contributed by atoms with Crippen molar-refractivity contribution in [1.29, 1.82) is 0 Å². The molecule has 0 spiro atoms. The summed E-state index contributed by atoms with van der Waals surface area (Å²) < 4.78 is 1.98. The molecule has 1 aromatic heterocycles. The Morgan fingerprint density at radius 2 is 1.91 bits per heavy atom. The third-order valence-corrected chi connectivity index (χ3v) is 4.88. The van der Waals surface area contributed by atoms with Gasteiger partial charge in [-0.3, -0.25) is 9.59 Å². The fraction of sp³-hybridized carbons (Fsp3) is 0.444. The molecular formula is C18H22N2O2. The summed E-state index contributed by atoms with van der Waals surface area (Å²) in [6.07, 6.45) is 3.10. The molecule has 22 heavy (non-hydrogen) atoms. The zero-order valence-corrected chi connectivity index (χ0v) is 13.4. The van der Waals surface area contributed by atoms with Crippen LogP contribution in [-0.2, 0) is 11.8 Å². The standard InChI is InChI=1S/C18H22N2O2/c1-12-8-6-7-11-20(12)18(22)17(21)16-13(2)19(3)15-10-5-4-9-14(15)16/h4-5,9-10,12H,6-8,11H2,1-3H3/t12-/m0/s1. The van der Waals surface area contributed by atoms with Crippen molar-refractivity contribution in [1.82, 2.24) is 9.47 Å². The fourth-order valence-corrected chi connectivity index (χ4v) is 3.44. The average Bonchev–Trinajstić information content (AvgIpc) is 2.78. The van der Waals surface area contributed by atoms with Gasteiger partial charge in [-0.1, -0.05) is 18.2 Å². The number of carbonyl (C=O) groups excluding carboxylic acids is 2. The van der Waals surface area contributed by atoms with Crippen LogP contribution >= 0.6 is 0 Å². The number of hydrogen-bond donors (Lipinski definition) is 0. The van der Waals surface area contributed by atoms with Crippen molar-refractivity contribution in [2.24, 2.45) is 7.05 Å². The summed E-state index contributed by atoms with van der Waals surface area (Å²) in [5, 5.41) is 0.866. The molecule has 0 radical (unpaired) electrons. The highest BCUT2D eigenvalue weighted by molar-refractivity contribution is 6.45. The van der Waals surface area contributed by atoms with E-state index in [0.29, 0.717) is 12.1 Å². The summed E-state index contributed by atoms with van der Waals surface area (Å²) in [4.78, 5) is 27.3. The van der Waals surface area contributed by atoms with Crippen LogP contribution in [0.5, 0.6) is 0 Å². The SMILES string of the molecule is Cc1c(C(=O)C(=O)N2CCCC[C@@H]2C)c2ccccc2n1C. The molecule has 1 saturated heterocycles. The molecule has 1 aromatic carbocycles. The lowest BCUT2D eigenvalue weighted by Gasteiger charge is -2.32. The van der Waals surface area contributed by atoms with Gasteiger partial charge in [0.1, 0.15) is 0 Å². The number of aromatic nitrogens is 1. The number of likely N-dealkylation sites (tertiary alicyclic amines) is 1. The van der Waals surface area contributed by atoms with Crippen LogP contribution in [0, 0.1) is 6.92 Å². The van der Waals surface area contributed by atoms with Crippen molar-refractivity contribution in [2.75, 3.05) is 6.54 Å². The number of aryl methyl sites for hydroxylation is 1. The maximum absolute atomic E-state index is 12.8. The first kappa shape index (κ1) is 14.8. The Bertz CT molecular complexity index is 745. The molecule has 0 unspecified atom stereocenters. The van der Waals surface area contributed by atoms with Crippen LogP contribution in [0.4, 0.5) is 0 Å². The lowest BCUT2D eigenvalue weighted by molar-refractivity contribution is -0.129. The van der Waals surface area contributed by atoms with Crippen molar-refractivity contribution in [3.05, 3.63) is 35.5 Å². The highest BCUT2D eigenvalue weighted by Crippen LogP contribution is 2.26. The van der Waals surface area contributed by atoms with Gasteiger partial charge in [0, 0.05) is 36.2 Å². The molecule has 0 bridgehead atoms. The van der Waals surface area contributed by atoms with E-state index in [1.807, 2.05) is 49.7 Å². The minimum atomic E-state index is -0.372. The molecule has 1 aliphatic rings. The first-order valence-corrected chi connectivity index (χ1v) is 7.91. The summed E-state index contributed by atoms with van der Waals surface area (Å²) in [5.41, 5.74) is 2.40. The van der Waals surface area contributed by atoms with Crippen molar-refractivity contribution in [3.8, 4) is 0 Å². The second-order valence-corrected chi connectivity index (χ2v) is 6.21. The van der Waals surface area contributed by atoms with Crippen molar-refractivity contribution in [2.45, 2.75) is 39.2 Å². The van der Waals surface area contributed by atoms with E-state index < -0.39 is 0 Å². The van der Waals surface area contributed by atoms with Gasteiger partial charge in [-0.05, 0) is 39.2 Å². The molecule has 4 heteroatoms. The molecule has 3 rings (SSSR count). The summed E-state index contributed by atoms with van der Waals surface area (Å²) >= 11 is 0. The smallest absolute Gasteiger partial charge is 0.295 e. The zero-order chi connectivity index (χ0) is 15.9. The Morgan fingerprint density at radius 3 is 2.64 bits per heavy atom.